The molecule has 0 radical (unpaired) electrons. The Labute approximate surface area is 135 Å². The maximum atomic E-state index is 12.2. The molecule has 6 heteroatoms. The summed E-state index contributed by atoms with van der Waals surface area (Å²) in [5.41, 5.74) is 4.00. The van der Waals surface area contributed by atoms with Gasteiger partial charge in [0.15, 0.2) is 0 Å². The van der Waals surface area contributed by atoms with Crippen molar-refractivity contribution >= 4 is 6.03 Å². The average Bonchev–Trinajstić information content (AvgIpc) is 3.03. The van der Waals surface area contributed by atoms with E-state index in [4.69, 9.17) is 0 Å². The molecule has 2 amide bonds. The number of aromatic nitrogens is 2. The number of nitrogens with one attached hydrogen (secondary N) is 3. The first-order chi connectivity index (χ1) is 11.0. The number of carbonyl (C=O) groups is 1. The minimum atomic E-state index is -0.581. The summed E-state index contributed by atoms with van der Waals surface area (Å²) in [6.45, 7) is 3.88. The molecule has 0 saturated heterocycles. The van der Waals surface area contributed by atoms with E-state index < -0.39 is 6.10 Å². The maximum absolute atomic E-state index is 12.2. The van der Waals surface area contributed by atoms with Gasteiger partial charge in [-0.25, -0.2) is 4.79 Å². The molecule has 3 atom stereocenters. The molecule has 0 aliphatic heterocycles. The number of aromatic amines is 1. The van der Waals surface area contributed by atoms with Crippen molar-refractivity contribution in [3.05, 3.63) is 52.8 Å². The van der Waals surface area contributed by atoms with Gasteiger partial charge in [0.05, 0.1) is 17.8 Å². The predicted octanol–water partition coefficient (Wildman–Crippen LogP) is 1.61. The number of amides is 2. The Kier molecular flexibility index (Phi) is 4.34. The van der Waals surface area contributed by atoms with Gasteiger partial charge >= 0.3 is 6.03 Å². The molecular weight excluding hydrogens is 292 g/mol. The molecule has 2 aromatic rings. The van der Waals surface area contributed by atoms with Gasteiger partial charge in [0.2, 0.25) is 0 Å². The molecule has 6 nitrogen and oxygen atoms in total. The van der Waals surface area contributed by atoms with E-state index in [1.54, 1.807) is 0 Å². The maximum Gasteiger partial charge on any atom is 0.315 e. The predicted molar refractivity (Wildman–Crippen MR) is 87.1 cm³/mol. The fourth-order valence-electron chi connectivity index (χ4n) is 3.10. The number of nitrogens with zero attached hydrogens (tertiary/aromatic N) is 1. The fraction of sp³-hybridized carbons (Fsp3) is 0.412. The Balaban J connectivity index is 1.57. The van der Waals surface area contributed by atoms with Gasteiger partial charge in [0.25, 0.3) is 0 Å². The van der Waals surface area contributed by atoms with Gasteiger partial charge in [-0.05, 0) is 31.0 Å². The zero-order chi connectivity index (χ0) is 16.4. The molecule has 1 aromatic heterocycles. The number of urea groups is 1. The van der Waals surface area contributed by atoms with Crippen LogP contribution in [0.1, 0.15) is 35.5 Å². The monoisotopic (exact) mass is 314 g/mol. The van der Waals surface area contributed by atoms with E-state index in [1.807, 2.05) is 44.2 Å². The van der Waals surface area contributed by atoms with Crippen LogP contribution in [0.4, 0.5) is 4.79 Å². The molecule has 0 bridgehead atoms. The lowest BCUT2D eigenvalue weighted by Crippen LogP contribution is -2.45. The summed E-state index contributed by atoms with van der Waals surface area (Å²) < 4.78 is 0. The molecule has 0 saturated carbocycles. The topological polar surface area (TPSA) is 90.0 Å². The molecule has 3 rings (SSSR count). The Morgan fingerprint density at radius 2 is 2.26 bits per heavy atom. The van der Waals surface area contributed by atoms with Gasteiger partial charge in [-0.15, -0.1) is 0 Å². The highest BCUT2D eigenvalue weighted by Crippen LogP contribution is 2.31. The van der Waals surface area contributed by atoms with E-state index in [9.17, 15) is 9.90 Å². The summed E-state index contributed by atoms with van der Waals surface area (Å²) in [4.78, 5) is 12.2. The number of rotatable bonds is 4. The molecule has 4 N–H and O–H groups in total. The van der Waals surface area contributed by atoms with Crippen molar-refractivity contribution in [2.24, 2.45) is 0 Å². The second-order valence-corrected chi connectivity index (χ2v) is 6.21. The summed E-state index contributed by atoms with van der Waals surface area (Å²) in [5.74, 6) is 0. The largest absolute Gasteiger partial charge is 0.390 e. The molecular formula is C17H22N4O2. The number of fused-ring (bicyclic) bond motifs is 1. The Bertz CT molecular complexity index is 697. The summed E-state index contributed by atoms with van der Waals surface area (Å²) in [7, 11) is 0. The fourth-order valence-corrected chi connectivity index (χ4v) is 3.10. The number of hydrogen-bond donors (Lipinski definition) is 4. The third-order valence-electron chi connectivity index (χ3n) is 4.14. The van der Waals surface area contributed by atoms with E-state index in [1.165, 1.54) is 0 Å². The van der Waals surface area contributed by atoms with Gasteiger partial charge in [-0.3, -0.25) is 5.10 Å². The number of aliphatic hydroxyl groups excluding tert-OH is 1. The molecule has 23 heavy (non-hydrogen) atoms. The second kappa shape index (κ2) is 6.42. The average molecular weight is 314 g/mol. The molecule has 122 valence electrons. The highest BCUT2D eigenvalue weighted by atomic mass is 16.3. The van der Waals surface area contributed by atoms with Crippen LogP contribution >= 0.6 is 0 Å². The first-order valence-corrected chi connectivity index (χ1v) is 7.86. The molecule has 0 fully saturated rings. The van der Waals surface area contributed by atoms with Crippen LogP contribution in [-0.2, 0) is 12.8 Å². The van der Waals surface area contributed by atoms with Crippen molar-refractivity contribution in [1.82, 2.24) is 20.8 Å². The van der Waals surface area contributed by atoms with Gasteiger partial charge in [-0.1, -0.05) is 24.3 Å². The van der Waals surface area contributed by atoms with Crippen LogP contribution in [0.3, 0.4) is 0 Å². The first-order valence-electron chi connectivity index (χ1n) is 7.86. The normalized spacial score (nSPS) is 20.8. The lowest BCUT2D eigenvalue weighted by molar-refractivity contribution is 0.142. The Hall–Kier alpha value is -2.34. The summed E-state index contributed by atoms with van der Waals surface area (Å²) in [5, 5.41) is 23.0. The van der Waals surface area contributed by atoms with Crippen molar-refractivity contribution in [1.29, 1.82) is 0 Å². The summed E-state index contributed by atoms with van der Waals surface area (Å²) in [6, 6.07) is 9.09. The summed E-state index contributed by atoms with van der Waals surface area (Å²) >= 11 is 0. The van der Waals surface area contributed by atoms with E-state index in [0.717, 1.165) is 22.5 Å². The Morgan fingerprint density at radius 1 is 1.48 bits per heavy atom. The second-order valence-electron chi connectivity index (χ2n) is 6.21. The minimum absolute atomic E-state index is 0.0495. The van der Waals surface area contributed by atoms with Crippen LogP contribution in [0.15, 0.2) is 30.3 Å². The van der Waals surface area contributed by atoms with Gasteiger partial charge in [-0.2, -0.15) is 5.10 Å². The summed E-state index contributed by atoms with van der Waals surface area (Å²) in [6.07, 6.45) is 0.646. The molecule has 1 heterocycles. The van der Waals surface area contributed by atoms with Gasteiger partial charge in [0.1, 0.15) is 0 Å². The smallest absolute Gasteiger partial charge is 0.315 e. The lowest BCUT2D eigenvalue weighted by atomic mass is 10.1. The van der Waals surface area contributed by atoms with Crippen LogP contribution in [-0.4, -0.2) is 33.5 Å². The van der Waals surface area contributed by atoms with Crippen LogP contribution in [0.2, 0.25) is 0 Å². The number of aliphatic hydroxyl groups is 1. The van der Waals surface area contributed by atoms with E-state index in [-0.39, 0.29) is 18.1 Å². The zero-order valence-corrected chi connectivity index (χ0v) is 13.3. The van der Waals surface area contributed by atoms with Gasteiger partial charge < -0.3 is 15.7 Å². The van der Waals surface area contributed by atoms with Crippen LogP contribution in [0.5, 0.6) is 0 Å². The first kappa shape index (κ1) is 15.6. The molecule has 1 aromatic carbocycles. The van der Waals surface area contributed by atoms with E-state index >= 15 is 0 Å². The highest BCUT2D eigenvalue weighted by Gasteiger charge is 2.32. The molecule has 1 aliphatic carbocycles. The number of hydrogen-bond acceptors (Lipinski definition) is 3. The number of benzene rings is 1. The SMILES string of the molecule is Cc1cc(CC(C)NC(=O)NC2c3ccccc3CC2O)n[nH]1. The van der Waals surface area contributed by atoms with Crippen molar-refractivity contribution in [3.63, 3.8) is 0 Å². The van der Waals surface area contributed by atoms with Crippen molar-refractivity contribution in [3.8, 4) is 0 Å². The number of aryl methyl sites for hydroxylation is 1. The van der Waals surface area contributed by atoms with Crippen molar-refractivity contribution in [2.75, 3.05) is 0 Å². The third kappa shape index (κ3) is 3.53. The lowest BCUT2D eigenvalue weighted by Gasteiger charge is -2.20. The Morgan fingerprint density at radius 3 is 3.00 bits per heavy atom. The number of carbonyl (C=O) groups excluding carboxylic acids is 1. The van der Waals surface area contributed by atoms with E-state index in [2.05, 4.69) is 20.8 Å². The molecule has 3 unspecified atom stereocenters. The number of H-pyrrole nitrogens is 1. The van der Waals surface area contributed by atoms with Crippen LogP contribution in [0, 0.1) is 6.92 Å². The van der Waals surface area contributed by atoms with E-state index in [0.29, 0.717) is 12.8 Å². The van der Waals surface area contributed by atoms with Crippen LogP contribution in [0.25, 0.3) is 0 Å². The van der Waals surface area contributed by atoms with Crippen LogP contribution < -0.4 is 10.6 Å². The quantitative estimate of drug-likeness (QED) is 0.691. The minimum Gasteiger partial charge on any atom is -0.390 e. The molecule has 0 spiro atoms. The van der Waals surface area contributed by atoms with Crippen molar-refractivity contribution < 1.29 is 9.90 Å². The zero-order valence-electron chi connectivity index (χ0n) is 13.3. The van der Waals surface area contributed by atoms with Gasteiger partial charge in [0, 0.05) is 24.6 Å². The standard InChI is InChI=1S/C17H22N4O2/c1-10(7-13-8-11(2)20-21-13)18-17(23)19-16-14-6-4-3-5-12(14)9-15(16)22/h3-6,8,10,15-16,22H,7,9H2,1-2H3,(H,20,21)(H2,18,19,23). The molecule has 1 aliphatic rings. The third-order valence-corrected chi connectivity index (χ3v) is 4.14. The van der Waals surface area contributed by atoms with Crippen molar-refractivity contribution in [2.45, 2.75) is 44.9 Å². The highest BCUT2D eigenvalue weighted by molar-refractivity contribution is 5.75.